The van der Waals surface area contributed by atoms with Gasteiger partial charge in [-0.3, -0.25) is 4.90 Å². The maximum absolute atomic E-state index is 10.4. The molecule has 0 aliphatic heterocycles. The molecule has 1 aromatic carbocycles. The fourth-order valence-corrected chi connectivity index (χ4v) is 3.27. The first-order valence-corrected chi connectivity index (χ1v) is 7.91. The molecule has 0 heterocycles. The molecule has 112 valence electrons. The van der Waals surface area contributed by atoms with Gasteiger partial charge in [0.1, 0.15) is 0 Å². The molecule has 0 amide bonds. The second kappa shape index (κ2) is 6.28. The van der Waals surface area contributed by atoms with Crippen LogP contribution in [0.1, 0.15) is 57.9 Å². The van der Waals surface area contributed by atoms with Crippen molar-refractivity contribution in [3.8, 4) is 0 Å². The molecule has 3 atom stereocenters. The number of aliphatic hydroxyl groups is 1. The highest BCUT2D eigenvalue weighted by molar-refractivity contribution is 5.20. The number of aliphatic hydroxyl groups excluding tert-OH is 1. The normalized spacial score (nSPS) is 27.8. The third kappa shape index (κ3) is 3.24. The van der Waals surface area contributed by atoms with E-state index in [4.69, 9.17) is 0 Å². The lowest BCUT2D eigenvalue weighted by Crippen LogP contribution is -2.53. The average Bonchev–Trinajstić information content (AvgIpc) is 2.48. The quantitative estimate of drug-likeness (QED) is 0.903. The highest BCUT2D eigenvalue weighted by Crippen LogP contribution is 2.37. The number of rotatable bonds is 4. The molecule has 0 bridgehead atoms. The first-order valence-electron chi connectivity index (χ1n) is 7.91. The van der Waals surface area contributed by atoms with Crippen molar-refractivity contribution >= 4 is 0 Å². The van der Waals surface area contributed by atoms with Gasteiger partial charge in [-0.2, -0.15) is 0 Å². The van der Waals surface area contributed by atoms with Crippen LogP contribution in [0, 0.1) is 0 Å². The molecule has 3 unspecified atom stereocenters. The summed E-state index contributed by atoms with van der Waals surface area (Å²) in [7, 11) is 2.17. The summed E-state index contributed by atoms with van der Waals surface area (Å²) in [5.41, 5.74) is 1.57. The summed E-state index contributed by atoms with van der Waals surface area (Å²) < 4.78 is 0. The number of benzene rings is 1. The maximum Gasteiger partial charge on any atom is 0.0695 e. The Morgan fingerprint density at radius 2 is 1.85 bits per heavy atom. The molecule has 1 aromatic rings. The van der Waals surface area contributed by atoms with Crippen molar-refractivity contribution < 1.29 is 5.11 Å². The third-order valence-electron chi connectivity index (χ3n) is 5.37. The Balaban J connectivity index is 2.13. The van der Waals surface area contributed by atoms with Crippen molar-refractivity contribution in [1.82, 2.24) is 4.90 Å². The monoisotopic (exact) mass is 275 g/mol. The molecule has 1 N–H and O–H groups in total. The van der Waals surface area contributed by atoms with Crippen LogP contribution in [0.5, 0.6) is 0 Å². The summed E-state index contributed by atoms with van der Waals surface area (Å²) in [5.74, 6) is 0.583. The minimum absolute atomic E-state index is 0.143. The maximum atomic E-state index is 10.4. The van der Waals surface area contributed by atoms with E-state index in [0.29, 0.717) is 5.92 Å². The van der Waals surface area contributed by atoms with E-state index in [2.05, 4.69) is 63.1 Å². The number of hydrogen-bond donors (Lipinski definition) is 1. The van der Waals surface area contributed by atoms with Gasteiger partial charge in [-0.05, 0) is 58.1 Å². The molecular weight excluding hydrogens is 246 g/mol. The number of nitrogens with zero attached hydrogens (tertiary/aromatic N) is 1. The van der Waals surface area contributed by atoms with E-state index in [1.54, 1.807) is 0 Å². The number of likely N-dealkylation sites (N-methyl/N-ethyl adjacent to an activating group) is 1. The predicted octanol–water partition coefficient (Wildman–Crippen LogP) is 3.80. The molecule has 20 heavy (non-hydrogen) atoms. The van der Waals surface area contributed by atoms with Crippen LogP contribution in [0.15, 0.2) is 30.3 Å². The highest BCUT2D eigenvalue weighted by atomic mass is 16.3. The third-order valence-corrected chi connectivity index (χ3v) is 5.37. The summed E-state index contributed by atoms with van der Waals surface area (Å²) in [6.07, 6.45) is 3.98. The molecule has 1 fully saturated rings. The fourth-order valence-electron chi connectivity index (χ4n) is 3.27. The summed E-state index contributed by atoms with van der Waals surface area (Å²) in [6, 6.07) is 11.0. The van der Waals surface area contributed by atoms with Crippen LogP contribution < -0.4 is 0 Å². The minimum atomic E-state index is -0.189. The van der Waals surface area contributed by atoms with E-state index >= 15 is 0 Å². The van der Waals surface area contributed by atoms with Gasteiger partial charge in [0.05, 0.1) is 6.10 Å². The Bertz CT molecular complexity index is 415. The van der Waals surface area contributed by atoms with E-state index in [9.17, 15) is 5.11 Å². The van der Waals surface area contributed by atoms with Gasteiger partial charge in [0.15, 0.2) is 0 Å². The standard InChI is InChI=1S/C18H29NO/c1-5-18(2,3)19(4)16-13-15(11-12-17(16)20)14-9-7-6-8-10-14/h6-10,15-17,20H,5,11-13H2,1-4H3. The Kier molecular flexibility index (Phi) is 4.87. The average molecular weight is 275 g/mol. The zero-order valence-corrected chi connectivity index (χ0v) is 13.3. The van der Waals surface area contributed by atoms with E-state index in [0.717, 1.165) is 25.7 Å². The van der Waals surface area contributed by atoms with Crippen LogP contribution in [-0.2, 0) is 0 Å². The molecule has 2 nitrogen and oxygen atoms in total. The molecule has 2 rings (SSSR count). The van der Waals surface area contributed by atoms with Gasteiger partial charge >= 0.3 is 0 Å². The molecule has 2 heteroatoms. The molecule has 0 radical (unpaired) electrons. The topological polar surface area (TPSA) is 23.5 Å². The SMILES string of the molecule is CCC(C)(C)N(C)C1CC(c2ccccc2)CCC1O. The van der Waals surface area contributed by atoms with Crippen LogP contribution in [0.25, 0.3) is 0 Å². The first-order chi connectivity index (χ1) is 9.45. The van der Waals surface area contributed by atoms with E-state index in [1.165, 1.54) is 5.56 Å². The molecule has 0 saturated heterocycles. The molecular formula is C18H29NO. The van der Waals surface area contributed by atoms with Crippen LogP contribution >= 0.6 is 0 Å². The zero-order chi connectivity index (χ0) is 14.8. The van der Waals surface area contributed by atoms with E-state index < -0.39 is 0 Å². The minimum Gasteiger partial charge on any atom is -0.391 e. The van der Waals surface area contributed by atoms with Gasteiger partial charge in [-0.1, -0.05) is 37.3 Å². The van der Waals surface area contributed by atoms with Crippen LogP contribution in [0.2, 0.25) is 0 Å². The van der Waals surface area contributed by atoms with Crippen molar-refractivity contribution in [3.63, 3.8) is 0 Å². The van der Waals surface area contributed by atoms with Crippen molar-refractivity contribution in [2.75, 3.05) is 7.05 Å². The Hall–Kier alpha value is -0.860. The van der Waals surface area contributed by atoms with Crippen LogP contribution in [0.3, 0.4) is 0 Å². The highest BCUT2D eigenvalue weighted by Gasteiger charge is 2.37. The number of hydrogen-bond acceptors (Lipinski definition) is 2. The first kappa shape index (κ1) is 15.5. The zero-order valence-electron chi connectivity index (χ0n) is 13.3. The summed E-state index contributed by atoms with van der Waals surface area (Å²) in [6.45, 7) is 6.76. The predicted molar refractivity (Wildman–Crippen MR) is 85.0 cm³/mol. The van der Waals surface area contributed by atoms with Gasteiger partial charge < -0.3 is 5.11 Å². The van der Waals surface area contributed by atoms with Crippen molar-refractivity contribution in [2.24, 2.45) is 0 Å². The van der Waals surface area contributed by atoms with Crippen molar-refractivity contribution in [2.45, 2.75) is 70.1 Å². The van der Waals surface area contributed by atoms with Crippen LogP contribution in [-0.4, -0.2) is 34.7 Å². The Labute approximate surface area is 123 Å². The van der Waals surface area contributed by atoms with Gasteiger partial charge in [-0.15, -0.1) is 0 Å². The Morgan fingerprint density at radius 3 is 2.45 bits per heavy atom. The lowest BCUT2D eigenvalue weighted by molar-refractivity contribution is -0.0189. The fraction of sp³-hybridized carbons (Fsp3) is 0.667. The lowest BCUT2D eigenvalue weighted by atomic mass is 9.78. The summed E-state index contributed by atoms with van der Waals surface area (Å²) >= 11 is 0. The van der Waals surface area contributed by atoms with E-state index in [-0.39, 0.29) is 17.7 Å². The lowest BCUT2D eigenvalue weighted by Gasteiger charge is -2.46. The van der Waals surface area contributed by atoms with Gasteiger partial charge in [0.2, 0.25) is 0 Å². The van der Waals surface area contributed by atoms with Crippen molar-refractivity contribution in [3.05, 3.63) is 35.9 Å². The van der Waals surface area contributed by atoms with Crippen LogP contribution in [0.4, 0.5) is 0 Å². The largest absolute Gasteiger partial charge is 0.391 e. The molecule has 1 aliphatic rings. The Morgan fingerprint density at radius 1 is 1.20 bits per heavy atom. The van der Waals surface area contributed by atoms with E-state index in [1.807, 2.05) is 0 Å². The molecule has 1 aliphatic carbocycles. The van der Waals surface area contributed by atoms with Gasteiger partial charge in [-0.25, -0.2) is 0 Å². The van der Waals surface area contributed by atoms with Gasteiger partial charge in [0, 0.05) is 11.6 Å². The molecule has 0 spiro atoms. The van der Waals surface area contributed by atoms with Gasteiger partial charge in [0.25, 0.3) is 0 Å². The second-order valence-electron chi connectivity index (χ2n) is 6.83. The molecule has 1 saturated carbocycles. The summed E-state index contributed by atoms with van der Waals surface area (Å²) in [5, 5.41) is 10.4. The smallest absolute Gasteiger partial charge is 0.0695 e. The summed E-state index contributed by atoms with van der Waals surface area (Å²) in [4.78, 5) is 2.40. The molecule has 0 aromatic heterocycles. The second-order valence-corrected chi connectivity index (χ2v) is 6.83. The van der Waals surface area contributed by atoms with Crippen molar-refractivity contribution in [1.29, 1.82) is 0 Å².